The molecule has 0 atom stereocenters. The summed E-state index contributed by atoms with van der Waals surface area (Å²) in [6.45, 7) is 11.4. The number of hydrogen-bond donors (Lipinski definition) is 1. The molecule has 0 spiro atoms. The zero-order valence-corrected chi connectivity index (χ0v) is 16.3. The molecule has 0 radical (unpaired) electrons. The van der Waals surface area contributed by atoms with Gasteiger partial charge in [0.15, 0.2) is 0 Å². The molecule has 1 heterocycles. The standard InChI is InChI=1S/C16H21Br2N3/c1-10-15(18)11(2)21(20-10)14-7-6-13(17)8-12(14)9-19-16(3,4)5/h6-8,19H,9H2,1-5H3. The Hall–Kier alpha value is -0.650. The average molecular weight is 415 g/mol. The first-order valence-electron chi connectivity index (χ1n) is 6.94. The lowest BCUT2D eigenvalue weighted by molar-refractivity contribution is 0.423. The normalized spacial score (nSPS) is 12.0. The maximum absolute atomic E-state index is 4.64. The number of benzene rings is 1. The predicted molar refractivity (Wildman–Crippen MR) is 95.0 cm³/mol. The molecule has 0 amide bonds. The van der Waals surface area contributed by atoms with E-state index in [2.05, 4.69) is 88.2 Å². The van der Waals surface area contributed by atoms with Crippen LogP contribution in [0.3, 0.4) is 0 Å². The number of hydrogen-bond acceptors (Lipinski definition) is 2. The van der Waals surface area contributed by atoms with Crippen LogP contribution in [0.5, 0.6) is 0 Å². The summed E-state index contributed by atoms with van der Waals surface area (Å²) in [5.74, 6) is 0. The van der Waals surface area contributed by atoms with E-state index in [4.69, 9.17) is 0 Å². The highest BCUT2D eigenvalue weighted by Gasteiger charge is 2.15. The fourth-order valence-corrected chi connectivity index (χ4v) is 2.78. The summed E-state index contributed by atoms with van der Waals surface area (Å²) in [5.41, 5.74) is 4.53. The summed E-state index contributed by atoms with van der Waals surface area (Å²) in [6, 6.07) is 6.31. The molecule has 1 aromatic heterocycles. The van der Waals surface area contributed by atoms with Gasteiger partial charge in [-0.3, -0.25) is 0 Å². The molecule has 1 aromatic carbocycles. The van der Waals surface area contributed by atoms with Gasteiger partial charge in [-0.1, -0.05) is 15.9 Å². The van der Waals surface area contributed by atoms with Crippen molar-refractivity contribution in [3.05, 3.63) is 44.1 Å². The second kappa shape index (κ2) is 6.23. The third kappa shape index (κ3) is 3.96. The molecular formula is C16H21Br2N3. The number of rotatable bonds is 3. The van der Waals surface area contributed by atoms with Crippen molar-refractivity contribution in [3.63, 3.8) is 0 Å². The van der Waals surface area contributed by atoms with E-state index in [9.17, 15) is 0 Å². The van der Waals surface area contributed by atoms with E-state index < -0.39 is 0 Å². The Morgan fingerprint density at radius 3 is 2.38 bits per heavy atom. The summed E-state index contributed by atoms with van der Waals surface area (Å²) in [7, 11) is 0. The minimum atomic E-state index is 0.0786. The summed E-state index contributed by atoms with van der Waals surface area (Å²) < 4.78 is 4.16. The van der Waals surface area contributed by atoms with Crippen molar-refractivity contribution >= 4 is 31.9 Å². The van der Waals surface area contributed by atoms with Crippen LogP contribution in [-0.2, 0) is 6.54 Å². The molecule has 1 N–H and O–H groups in total. The van der Waals surface area contributed by atoms with E-state index >= 15 is 0 Å². The van der Waals surface area contributed by atoms with Gasteiger partial charge in [-0.05, 0) is 74.3 Å². The van der Waals surface area contributed by atoms with E-state index in [1.807, 2.05) is 11.6 Å². The van der Waals surface area contributed by atoms with Gasteiger partial charge in [-0.25, -0.2) is 4.68 Å². The number of aromatic nitrogens is 2. The van der Waals surface area contributed by atoms with Crippen molar-refractivity contribution in [2.75, 3.05) is 0 Å². The first-order valence-corrected chi connectivity index (χ1v) is 8.53. The van der Waals surface area contributed by atoms with Crippen molar-refractivity contribution < 1.29 is 0 Å². The molecule has 0 saturated heterocycles. The molecule has 0 aliphatic rings. The minimum Gasteiger partial charge on any atom is -0.308 e. The van der Waals surface area contributed by atoms with E-state index in [1.165, 1.54) is 5.56 Å². The SMILES string of the molecule is Cc1nn(-c2ccc(Br)cc2CNC(C)(C)C)c(C)c1Br. The molecule has 3 nitrogen and oxygen atoms in total. The molecule has 2 rings (SSSR count). The van der Waals surface area contributed by atoms with Crippen LogP contribution in [0.2, 0.25) is 0 Å². The number of nitrogens with one attached hydrogen (secondary N) is 1. The van der Waals surface area contributed by atoms with Crippen LogP contribution >= 0.6 is 31.9 Å². The van der Waals surface area contributed by atoms with E-state index in [-0.39, 0.29) is 5.54 Å². The maximum atomic E-state index is 4.64. The molecular weight excluding hydrogens is 394 g/mol. The molecule has 0 unspecified atom stereocenters. The zero-order chi connectivity index (χ0) is 15.8. The fourth-order valence-electron chi connectivity index (χ4n) is 2.12. The van der Waals surface area contributed by atoms with Crippen molar-refractivity contribution in [2.45, 2.75) is 46.7 Å². The second-order valence-corrected chi connectivity index (χ2v) is 7.98. The Morgan fingerprint density at radius 1 is 1.19 bits per heavy atom. The molecule has 114 valence electrons. The Labute approximate surface area is 143 Å². The molecule has 0 saturated carbocycles. The first-order chi connectivity index (χ1) is 9.69. The van der Waals surface area contributed by atoms with Crippen molar-refractivity contribution in [1.82, 2.24) is 15.1 Å². The monoisotopic (exact) mass is 413 g/mol. The Kier molecular flexibility index (Phi) is 4.96. The third-order valence-electron chi connectivity index (χ3n) is 3.28. The largest absolute Gasteiger partial charge is 0.308 e. The predicted octanol–water partition coefficient (Wildman–Crippen LogP) is 4.90. The summed E-state index contributed by atoms with van der Waals surface area (Å²) in [5, 5.41) is 8.18. The molecule has 5 heteroatoms. The molecule has 0 bridgehead atoms. The van der Waals surface area contributed by atoms with Crippen molar-refractivity contribution in [3.8, 4) is 5.69 Å². The van der Waals surface area contributed by atoms with Gasteiger partial charge in [0.05, 0.1) is 21.5 Å². The van der Waals surface area contributed by atoms with Crippen LogP contribution in [0.25, 0.3) is 5.69 Å². The lowest BCUT2D eigenvalue weighted by atomic mass is 10.1. The Balaban J connectivity index is 2.46. The molecule has 21 heavy (non-hydrogen) atoms. The number of nitrogens with zero attached hydrogens (tertiary/aromatic N) is 2. The average Bonchev–Trinajstić information content (AvgIpc) is 2.63. The lowest BCUT2D eigenvalue weighted by Crippen LogP contribution is -2.35. The van der Waals surface area contributed by atoms with Gasteiger partial charge in [0.25, 0.3) is 0 Å². The lowest BCUT2D eigenvalue weighted by Gasteiger charge is -2.22. The number of aryl methyl sites for hydroxylation is 1. The van der Waals surface area contributed by atoms with Gasteiger partial charge in [-0.2, -0.15) is 5.10 Å². The molecule has 0 fully saturated rings. The van der Waals surface area contributed by atoms with Gasteiger partial charge in [0.2, 0.25) is 0 Å². The topological polar surface area (TPSA) is 29.9 Å². The van der Waals surface area contributed by atoms with Gasteiger partial charge >= 0.3 is 0 Å². The fraction of sp³-hybridized carbons (Fsp3) is 0.438. The maximum Gasteiger partial charge on any atom is 0.0743 e. The second-order valence-electron chi connectivity index (χ2n) is 6.27. The molecule has 0 aliphatic heterocycles. The molecule has 2 aromatic rings. The van der Waals surface area contributed by atoms with Gasteiger partial charge in [-0.15, -0.1) is 0 Å². The van der Waals surface area contributed by atoms with Crippen molar-refractivity contribution in [2.24, 2.45) is 0 Å². The van der Waals surface area contributed by atoms with Crippen LogP contribution < -0.4 is 5.32 Å². The number of halogens is 2. The van der Waals surface area contributed by atoms with E-state index in [0.29, 0.717) is 0 Å². The highest BCUT2D eigenvalue weighted by atomic mass is 79.9. The van der Waals surface area contributed by atoms with Crippen LogP contribution in [-0.4, -0.2) is 15.3 Å². The van der Waals surface area contributed by atoms with Crippen LogP contribution in [0.4, 0.5) is 0 Å². The van der Waals surface area contributed by atoms with Crippen LogP contribution in [0.15, 0.2) is 27.1 Å². The smallest absolute Gasteiger partial charge is 0.0743 e. The summed E-state index contributed by atoms with van der Waals surface area (Å²) in [4.78, 5) is 0. The van der Waals surface area contributed by atoms with Crippen LogP contribution in [0.1, 0.15) is 37.7 Å². The minimum absolute atomic E-state index is 0.0786. The zero-order valence-electron chi connectivity index (χ0n) is 13.1. The highest BCUT2D eigenvalue weighted by molar-refractivity contribution is 9.10. The third-order valence-corrected chi connectivity index (χ3v) is 4.92. The van der Waals surface area contributed by atoms with E-state index in [1.54, 1.807) is 0 Å². The van der Waals surface area contributed by atoms with Crippen LogP contribution in [0, 0.1) is 13.8 Å². The van der Waals surface area contributed by atoms with E-state index in [0.717, 1.165) is 32.6 Å². The van der Waals surface area contributed by atoms with Gasteiger partial charge < -0.3 is 5.32 Å². The van der Waals surface area contributed by atoms with Crippen molar-refractivity contribution in [1.29, 1.82) is 0 Å². The Bertz CT molecular complexity index is 654. The Morgan fingerprint density at radius 2 is 1.86 bits per heavy atom. The summed E-state index contributed by atoms with van der Waals surface area (Å²) >= 11 is 7.16. The first kappa shape index (κ1) is 16.7. The quantitative estimate of drug-likeness (QED) is 0.773. The van der Waals surface area contributed by atoms with Gasteiger partial charge in [0.1, 0.15) is 0 Å². The van der Waals surface area contributed by atoms with Gasteiger partial charge in [0, 0.05) is 16.6 Å². The molecule has 0 aliphatic carbocycles. The highest BCUT2D eigenvalue weighted by Crippen LogP contribution is 2.26. The summed E-state index contributed by atoms with van der Waals surface area (Å²) in [6.07, 6.45) is 0.